The van der Waals surface area contributed by atoms with Gasteiger partial charge in [-0.1, -0.05) is 0 Å². The topological polar surface area (TPSA) is 104 Å². The van der Waals surface area contributed by atoms with Gasteiger partial charge in [0.15, 0.2) is 0 Å². The van der Waals surface area contributed by atoms with E-state index in [2.05, 4.69) is 0 Å². The molecule has 3 N–H and O–H groups in total. The molecule has 88 valence electrons. The van der Waals surface area contributed by atoms with Gasteiger partial charge in [0.05, 0.1) is 12.5 Å². The third kappa shape index (κ3) is 2.33. The van der Waals surface area contributed by atoms with E-state index in [1.54, 1.807) is 6.92 Å². The molecule has 0 amide bonds. The van der Waals surface area contributed by atoms with E-state index in [1.165, 1.54) is 0 Å². The van der Waals surface area contributed by atoms with Crippen molar-refractivity contribution in [3.8, 4) is 0 Å². The molecule has 1 unspecified atom stereocenters. The minimum atomic E-state index is -1.33. The fourth-order valence-electron chi connectivity index (χ4n) is 1.47. The molecule has 0 aromatic rings. The highest BCUT2D eigenvalue weighted by Crippen LogP contribution is 2.28. The van der Waals surface area contributed by atoms with Crippen molar-refractivity contribution in [3.05, 3.63) is 23.2 Å². The second-order valence-electron chi connectivity index (χ2n) is 3.24. The molecule has 0 spiro atoms. The predicted molar refractivity (Wildman–Crippen MR) is 52.7 cm³/mol. The Bertz CT molecular complexity index is 379. The third-order valence-corrected chi connectivity index (χ3v) is 2.15. The summed E-state index contributed by atoms with van der Waals surface area (Å²) in [6, 6.07) is 0. The summed E-state index contributed by atoms with van der Waals surface area (Å²) in [7, 11) is 0. The van der Waals surface area contributed by atoms with Crippen molar-refractivity contribution >= 4 is 11.9 Å². The van der Waals surface area contributed by atoms with E-state index in [-0.39, 0.29) is 24.4 Å². The molecule has 0 bridgehead atoms. The summed E-state index contributed by atoms with van der Waals surface area (Å²) in [4.78, 5) is 21.6. The number of carboxylic acids is 2. The summed E-state index contributed by atoms with van der Waals surface area (Å²) in [5.41, 5.74) is -0.362. The molecule has 0 radical (unpaired) electrons. The van der Waals surface area contributed by atoms with E-state index in [4.69, 9.17) is 14.9 Å². The number of aliphatic carboxylic acids is 2. The lowest BCUT2D eigenvalue weighted by atomic mass is 9.93. The molecule has 0 saturated heterocycles. The minimum Gasteiger partial charge on any atom is -0.507 e. The highest BCUT2D eigenvalue weighted by atomic mass is 16.5. The number of carboxylic acid groups (broad SMARTS) is 2. The van der Waals surface area contributed by atoms with Gasteiger partial charge < -0.3 is 20.1 Å². The number of hydrogen-bond donors (Lipinski definition) is 3. The maximum absolute atomic E-state index is 10.8. The molecule has 0 aromatic heterocycles. The molecule has 0 saturated carbocycles. The second kappa shape index (κ2) is 4.69. The molecule has 0 fully saturated rings. The standard InChI is InChI=1S/C10H12O6/c1-2-16-7-4-5(9(12)13)3-6(11)8(7)10(14)15/h3,5,11H,2,4H2,1H3,(H,12,13)(H,14,15). The van der Waals surface area contributed by atoms with E-state index in [0.29, 0.717) is 0 Å². The smallest absolute Gasteiger partial charge is 0.342 e. The molecule has 0 aromatic carbocycles. The molecule has 0 aliphatic heterocycles. The summed E-state index contributed by atoms with van der Waals surface area (Å²) in [5.74, 6) is -3.98. The van der Waals surface area contributed by atoms with Crippen molar-refractivity contribution < 1.29 is 29.6 Å². The zero-order chi connectivity index (χ0) is 12.3. The van der Waals surface area contributed by atoms with E-state index in [1.807, 2.05) is 0 Å². The summed E-state index contributed by atoms with van der Waals surface area (Å²) in [5, 5.41) is 27.1. The number of rotatable bonds is 4. The van der Waals surface area contributed by atoms with Crippen LogP contribution < -0.4 is 0 Å². The van der Waals surface area contributed by atoms with E-state index < -0.39 is 23.6 Å². The van der Waals surface area contributed by atoms with E-state index in [9.17, 15) is 14.7 Å². The summed E-state index contributed by atoms with van der Waals surface area (Å²) >= 11 is 0. The Hall–Kier alpha value is -1.98. The van der Waals surface area contributed by atoms with Crippen LogP contribution in [0.15, 0.2) is 23.2 Å². The van der Waals surface area contributed by atoms with E-state index in [0.717, 1.165) is 6.08 Å². The fraction of sp³-hybridized carbons (Fsp3) is 0.400. The average Bonchev–Trinajstić information content (AvgIpc) is 2.16. The second-order valence-corrected chi connectivity index (χ2v) is 3.24. The number of aliphatic hydroxyl groups excluding tert-OH is 1. The lowest BCUT2D eigenvalue weighted by Crippen LogP contribution is -2.21. The molecule has 6 heteroatoms. The highest BCUT2D eigenvalue weighted by Gasteiger charge is 2.31. The van der Waals surface area contributed by atoms with Crippen LogP contribution in [0.5, 0.6) is 0 Å². The molecule has 1 atom stereocenters. The number of ether oxygens (including phenoxy) is 1. The van der Waals surface area contributed by atoms with Crippen molar-refractivity contribution in [1.82, 2.24) is 0 Å². The average molecular weight is 228 g/mol. The maximum atomic E-state index is 10.8. The van der Waals surface area contributed by atoms with Gasteiger partial charge in [0.1, 0.15) is 17.1 Å². The monoisotopic (exact) mass is 228 g/mol. The van der Waals surface area contributed by atoms with Crippen molar-refractivity contribution in [1.29, 1.82) is 0 Å². The van der Waals surface area contributed by atoms with Crippen molar-refractivity contribution in [3.63, 3.8) is 0 Å². The van der Waals surface area contributed by atoms with Gasteiger partial charge in [-0.2, -0.15) is 0 Å². The number of hydrogen-bond acceptors (Lipinski definition) is 4. The van der Waals surface area contributed by atoms with Crippen LogP contribution in [0, 0.1) is 5.92 Å². The Morgan fingerprint density at radius 3 is 2.56 bits per heavy atom. The van der Waals surface area contributed by atoms with Crippen molar-refractivity contribution in [2.24, 2.45) is 5.92 Å². The SMILES string of the molecule is CCOC1=C(C(=O)O)C(O)=CC(C(=O)O)C1. The maximum Gasteiger partial charge on any atom is 0.342 e. The molecule has 1 aliphatic rings. The first-order valence-electron chi connectivity index (χ1n) is 4.70. The molecule has 1 rings (SSSR count). The van der Waals surface area contributed by atoms with Crippen LogP contribution in [-0.2, 0) is 14.3 Å². The Balaban J connectivity index is 3.10. The largest absolute Gasteiger partial charge is 0.507 e. The molecular formula is C10H12O6. The first kappa shape index (κ1) is 12.1. The summed E-state index contributed by atoms with van der Waals surface area (Å²) in [6.45, 7) is 1.86. The van der Waals surface area contributed by atoms with Gasteiger partial charge in [-0.05, 0) is 13.0 Å². The van der Waals surface area contributed by atoms with Crippen molar-refractivity contribution in [2.45, 2.75) is 13.3 Å². The quantitative estimate of drug-likeness (QED) is 0.660. The van der Waals surface area contributed by atoms with Crippen molar-refractivity contribution in [2.75, 3.05) is 6.61 Å². The molecule has 0 heterocycles. The molecular weight excluding hydrogens is 216 g/mol. The van der Waals surface area contributed by atoms with Crippen LogP contribution in [-0.4, -0.2) is 33.9 Å². The summed E-state index contributed by atoms with van der Waals surface area (Å²) in [6.07, 6.45) is 0.948. The minimum absolute atomic E-state index is 0.00222. The first-order valence-corrected chi connectivity index (χ1v) is 4.70. The van der Waals surface area contributed by atoms with Crippen LogP contribution in [0.2, 0.25) is 0 Å². The van der Waals surface area contributed by atoms with E-state index >= 15 is 0 Å². The Kier molecular flexibility index (Phi) is 3.55. The van der Waals surface area contributed by atoms with Gasteiger partial charge >= 0.3 is 11.9 Å². The zero-order valence-corrected chi connectivity index (χ0v) is 8.64. The Morgan fingerprint density at radius 1 is 1.50 bits per heavy atom. The van der Waals surface area contributed by atoms with Crippen LogP contribution in [0.25, 0.3) is 0 Å². The number of aliphatic hydroxyl groups is 1. The third-order valence-electron chi connectivity index (χ3n) is 2.15. The molecule has 1 aliphatic carbocycles. The van der Waals surface area contributed by atoms with Crippen LogP contribution in [0.4, 0.5) is 0 Å². The van der Waals surface area contributed by atoms with Gasteiger partial charge in [0.2, 0.25) is 0 Å². The normalized spacial score (nSPS) is 20.3. The number of allylic oxidation sites excluding steroid dienone is 1. The molecule has 6 nitrogen and oxygen atoms in total. The predicted octanol–water partition coefficient (Wildman–Crippen LogP) is 0.908. The van der Waals surface area contributed by atoms with Gasteiger partial charge in [-0.3, -0.25) is 4.79 Å². The highest BCUT2D eigenvalue weighted by molar-refractivity contribution is 5.92. The van der Waals surface area contributed by atoms with Crippen LogP contribution in [0.1, 0.15) is 13.3 Å². The van der Waals surface area contributed by atoms with Crippen LogP contribution in [0.3, 0.4) is 0 Å². The zero-order valence-electron chi connectivity index (χ0n) is 8.64. The molecule has 16 heavy (non-hydrogen) atoms. The van der Waals surface area contributed by atoms with Gasteiger partial charge in [0, 0.05) is 6.42 Å². The Morgan fingerprint density at radius 2 is 2.12 bits per heavy atom. The van der Waals surface area contributed by atoms with Gasteiger partial charge in [-0.25, -0.2) is 4.79 Å². The lowest BCUT2D eigenvalue weighted by Gasteiger charge is -2.20. The summed E-state index contributed by atoms with van der Waals surface area (Å²) < 4.78 is 5.04. The van der Waals surface area contributed by atoms with Crippen LogP contribution >= 0.6 is 0 Å². The fourth-order valence-corrected chi connectivity index (χ4v) is 1.47. The van der Waals surface area contributed by atoms with Gasteiger partial charge in [-0.15, -0.1) is 0 Å². The Labute approximate surface area is 91.5 Å². The lowest BCUT2D eigenvalue weighted by molar-refractivity contribution is -0.141. The van der Waals surface area contributed by atoms with Gasteiger partial charge in [0.25, 0.3) is 0 Å². The first-order chi connectivity index (χ1) is 7.47. The number of carbonyl (C=O) groups is 2.